The molecular formula is C26H32N2O5. The van der Waals surface area contributed by atoms with Crippen LogP contribution >= 0.6 is 0 Å². The van der Waals surface area contributed by atoms with Gasteiger partial charge in [0.2, 0.25) is 5.91 Å². The summed E-state index contributed by atoms with van der Waals surface area (Å²) in [6, 6.07) is 15.0. The van der Waals surface area contributed by atoms with Crippen molar-refractivity contribution in [3.63, 3.8) is 0 Å². The molecule has 0 heterocycles. The highest BCUT2D eigenvalue weighted by atomic mass is 16.5. The summed E-state index contributed by atoms with van der Waals surface area (Å²) in [6.07, 6.45) is -0.0476. The molecule has 3 rings (SSSR count). The van der Waals surface area contributed by atoms with Gasteiger partial charge in [0.15, 0.2) is 0 Å². The van der Waals surface area contributed by atoms with E-state index in [0.29, 0.717) is 6.42 Å². The van der Waals surface area contributed by atoms with Crippen molar-refractivity contribution in [1.82, 2.24) is 10.2 Å². The van der Waals surface area contributed by atoms with Crippen molar-refractivity contribution in [2.24, 2.45) is 5.92 Å². The first-order chi connectivity index (χ1) is 15.7. The minimum Gasteiger partial charge on any atom is -0.480 e. The standard InChI is InChI=1S/C26H32N2O5/c1-5-17(4)24(25(31)28(16(2)3)14-23(29)30)27-26(32)33-15-22-20-12-8-6-10-18(20)19-11-7-9-13-21(19)22/h6-13,16-17,22,24H,5,14-15H2,1-4H3,(H,27,32)(H,29,30). The number of amides is 2. The molecule has 1 aliphatic carbocycles. The molecule has 0 saturated heterocycles. The Bertz CT molecular complexity index is 974. The van der Waals surface area contributed by atoms with Gasteiger partial charge in [-0.1, -0.05) is 68.8 Å². The summed E-state index contributed by atoms with van der Waals surface area (Å²) < 4.78 is 5.60. The van der Waals surface area contributed by atoms with E-state index in [4.69, 9.17) is 4.74 Å². The predicted octanol–water partition coefficient (Wildman–Crippen LogP) is 4.26. The maximum absolute atomic E-state index is 13.1. The first kappa shape index (κ1) is 24.3. The van der Waals surface area contributed by atoms with Crippen molar-refractivity contribution >= 4 is 18.0 Å². The molecule has 176 valence electrons. The van der Waals surface area contributed by atoms with Gasteiger partial charge in [0, 0.05) is 12.0 Å². The van der Waals surface area contributed by atoms with E-state index in [1.807, 2.05) is 50.2 Å². The van der Waals surface area contributed by atoms with Crippen LogP contribution in [0, 0.1) is 5.92 Å². The second-order valence-corrected chi connectivity index (χ2v) is 8.79. The average molecular weight is 453 g/mol. The Kier molecular flexibility index (Phi) is 7.74. The number of carbonyl (C=O) groups excluding carboxylic acids is 2. The van der Waals surface area contributed by atoms with E-state index < -0.39 is 30.6 Å². The molecule has 2 amide bonds. The summed E-state index contributed by atoms with van der Waals surface area (Å²) in [5.74, 6) is -1.79. The Balaban J connectivity index is 1.73. The van der Waals surface area contributed by atoms with Crippen LogP contribution < -0.4 is 5.32 Å². The molecule has 0 fully saturated rings. The molecule has 2 N–H and O–H groups in total. The number of hydrogen-bond donors (Lipinski definition) is 2. The van der Waals surface area contributed by atoms with Crippen LogP contribution in [0.2, 0.25) is 0 Å². The van der Waals surface area contributed by atoms with Crippen LogP contribution in [0.25, 0.3) is 11.1 Å². The van der Waals surface area contributed by atoms with Crippen molar-refractivity contribution in [2.45, 2.75) is 52.1 Å². The number of alkyl carbamates (subject to hydrolysis) is 1. The first-order valence-electron chi connectivity index (χ1n) is 11.4. The van der Waals surface area contributed by atoms with E-state index in [2.05, 4.69) is 17.4 Å². The Morgan fingerprint density at radius 1 is 1.00 bits per heavy atom. The smallest absolute Gasteiger partial charge is 0.407 e. The Hall–Kier alpha value is -3.35. The summed E-state index contributed by atoms with van der Waals surface area (Å²) in [6.45, 7) is 7.00. The molecular weight excluding hydrogens is 420 g/mol. The maximum Gasteiger partial charge on any atom is 0.407 e. The van der Waals surface area contributed by atoms with Gasteiger partial charge < -0.3 is 20.1 Å². The minimum absolute atomic E-state index is 0.0833. The van der Waals surface area contributed by atoms with E-state index in [0.717, 1.165) is 22.3 Å². The molecule has 1 aliphatic rings. The van der Waals surface area contributed by atoms with E-state index in [1.54, 1.807) is 13.8 Å². The Morgan fingerprint density at radius 2 is 1.55 bits per heavy atom. The quantitative estimate of drug-likeness (QED) is 0.593. The van der Waals surface area contributed by atoms with E-state index in [9.17, 15) is 19.5 Å². The van der Waals surface area contributed by atoms with Gasteiger partial charge in [-0.2, -0.15) is 0 Å². The molecule has 7 heteroatoms. The highest BCUT2D eigenvalue weighted by Crippen LogP contribution is 2.44. The molecule has 0 saturated carbocycles. The topological polar surface area (TPSA) is 95.9 Å². The highest BCUT2D eigenvalue weighted by Gasteiger charge is 2.34. The van der Waals surface area contributed by atoms with Crippen molar-refractivity contribution in [1.29, 1.82) is 0 Å². The zero-order valence-corrected chi connectivity index (χ0v) is 19.6. The van der Waals surface area contributed by atoms with Crippen molar-refractivity contribution in [3.05, 3.63) is 59.7 Å². The van der Waals surface area contributed by atoms with Gasteiger partial charge in [0.25, 0.3) is 0 Å². The van der Waals surface area contributed by atoms with Crippen molar-refractivity contribution in [3.8, 4) is 11.1 Å². The molecule has 0 bridgehead atoms. The highest BCUT2D eigenvalue weighted by molar-refractivity contribution is 5.88. The van der Waals surface area contributed by atoms with E-state index >= 15 is 0 Å². The molecule has 2 atom stereocenters. The number of aliphatic carboxylic acids is 1. The number of nitrogens with one attached hydrogen (secondary N) is 1. The van der Waals surface area contributed by atoms with Gasteiger partial charge in [-0.05, 0) is 42.0 Å². The van der Waals surface area contributed by atoms with Gasteiger partial charge in [0.05, 0.1) is 0 Å². The lowest BCUT2D eigenvalue weighted by Gasteiger charge is -2.32. The van der Waals surface area contributed by atoms with Crippen LogP contribution in [0.1, 0.15) is 51.2 Å². The zero-order chi connectivity index (χ0) is 24.1. The average Bonchev–Trinajstić information content (AvgIpc) is 3.12. The number of rotatable bonds is 9. The minimum atomic E-state index is -1.10. The summed E-state index contributed by atoms with van der Waals surface area (Å²) in [4.78, 5) is 38.4. The number of benzene rings is 2. The fourth-order valence-electron chi connectivity index (χ4n) is 4.29. The molecule has 0 aromatic heterocycles. The Morgan fingerprint density at radius 3 is 2.03 bits per heavy atom. The third kappa shape index (κ3) is 5.35. The van der Waals surface area contributed by atoms with E-state index in [1.165, 1.54) is 4.90 Å². The van der Waals surface area contributed by atoms with Crippen LogP contribution in [-0.4, -0.2) is 53.2 Å². The monoisotopic (exact) mass is 452 g/mol. The summed E-state index contributed by atoms with van der Waals surface area (Å²) in [5, 5.41) is 11.9. The predicted molar refractivity (Wildman–Crippen MR) is 126 cm³/mol. The third-order valence-corrected chi connectivity index (χ3v) is 6.31. The second kappa shape index (κ2) is 10.5. The number of nitrogens with zero attached hydrogens (tertiary/aromatic N) is 1. The zero-order valence-electron chi connectivity index (χ0n) is 19.6. The van der Waals surface area contributed by atoms with Gasteiger partial charge in [-0.15, -0.1) is 0 Å². The number of hydrogen-bond acceptors (Lipinski definition) is 4. The SMILES string of the molecule is CCC(C)C(NC(=O)OCC1c2ccccc2-c2ccccc21)C(=O)N(CC(=O)O)C(C)C. The molecule has 2 aromatic rings. The lowest BCUT2D eigenvalue weighted by molar-refractivity contribution is -0.147. The van der Waals surface area contributed by atoms with Gasteiger partial charge in [0.1, 0.15) is 19.2 Å². The summed E-state index contributed by atoms with van der Waals surface area (Å²) in [5.41, 5.74) is 4.48. The van der Waals surface area contributed by atoms with Gasteiger partial charge in [-0.25, -0.2) is 4.79 Å². The molecule has 33 heavy (non-hydrogen) atoms. The normalized spacial score (nSPS) is 14.2. The Labute approximate surface area is 194 Å². The van der Waals surface area contributed by atoms with Crippen molar-refractivity contribution < 1.29 is 24.2 Å². The molecule has 2 aromatic carbocycles. The van der Waals surface area contributed by atoms with Crippen LogP contribution in [-0.2, 0) is 14.3 Å². The number of carboxylic acid groups (broad SMARTS) is 1. The van der Waals surface area contributed by atoms with Crippen LogP contribution in [0.5, 0.6) is 0 Å². The molecule has 7 nitrogen and oxygen atoms in total. The van der Waals surface area contributed by atoms with Gasteiger partial charge in [-0.3, -0.25) is 9.59 Å². The summed E-state index contributed by atoms with van der Waals surface area (Å²) in [7, 11) is 0. The number of carbonyl (C=O) groups is 3. The molecule has 0 radical (unpaired) electrons. The number of fused-ring (bicyclic) bond motifs is 3. The molecule has 2 unspecified atom stereocenters. The third-order valence-electron chi connectivity index (χ3n) is 6.31. The maximum atomic E-state index is 13.1. The van der Waals surface area contributed by atoms with Crippen molar-refractivity contribution in [2.75, 3.05) is 13.2 Å². The van der Waals surface area contributed by atoms with Crippen LogP contribution in [0.3, 0.4) is 0 Å². The fourth-order valence-corrected chi connectivity index (χ4v) is 4.29. The molecule has 0 aliphatic heterocycles. The first-order valence-corrected chi connectivity index (χ1v) is 11.4. The second-order valence-electron chi connectivity index (χ2n) is 8.79. The van der Waals surface area contributed by atoms with Crippen LogP contribution in [0.4, 0.5) is 4.79 Å². The largest absolute Gasteiger partial charge is 0.480 e. The van der Waals surface area contributed by atoms with Crippen LogP contribution in [0.15, 0.2) is 48.5 Å². The fraction of sp³-hybridized carbons (Fsp3) is 0.423. The summed E-state index contributed by atoms with van der Waals surface area (Å²) >= 11 is 0. The van der Waals surface area contributed by atoms with E-state index in [-0.39, 0.29) is 24.5 Å². The van der Waals surface area contributed by atoms with Gasteiger partial charge >= 0.3 is 12.1 Å². The number of ether oxygens (including phenoxy) is 1. The number of carboxylic acids is 1. The molecule has 0 spiro atoms. The lowest BCUT2D eigenvalue weighted by Crippen LogP contribution is -2.54. The lowest BCUT2D eigenvalue weighted by atomic mass is 9.97.